The van der Waals surface area contributed by atoms with E-state index in [1.807, 2.05) is 61.5 Å². The van der Waals surface area contributed by atoms with Crippen molar-refractivity contribution in [2.24, 2.45) is 0 Å². The quantitative estimate of drug-likeness (QED) is 0.519. The minimum Gasteiger partial charge on any atom is -0.497 e. The van der Waals surface area contributed by atoms with Gasteiger partial charge < -0.3 is 10.1 Å². The Hall–Kier alpha value is -4.00. The van der Waals surface area contributed by atoms with Gasteiger partial charge in [-0.1, -0.05) is 23.4 Å². The molecule has 7 nitrogen and oxygen atoms in total. The molecular weight excluding hydrogens is 390 g/mol. The monoisotopic (exact) mass is 413 g/mol. The van der Waals surface area contributed by atoms with Crippen molar-refractivity contribution in [1.82, 2.24) is 25.3 Å². The molecule has 0 aliphatic rings. The SMILES string of the molecule is COc1cccc(CNC(=O)c2nnn(-c3ccc(C)c(C)c3)c2-c2ccncc2)c1. The van der Waals surface area contributed by atoms with Crippen LogP contribution in [0.1, 0.15) is 27.2 Å². The molecule has 2 aromatic carbocycles. The van der Waals surface area contributed by atoms with Crippen LogP contribution in [0.5, 0.6) is 5.75 Å². The second-order valence-corrected chi connectivity index (χ2v) is 7.24. The Labute approximate surface area is 180 Å². The van der Waals surface area contributed by atoms with Gasteiger partial charge in [-0.05, 0) is 66.9 Å². The maximum Gasteiger partial charge on any atom is 0.274 e. The average molecular weight is 413 g/mol. The fourth-order valence-electron chi connectivity index (χ4n) is 3.29. The van der Waals surface area contributed by atoms with Crippen LogP contribution in [0.2, 0.25) is 0 Å². The number of aromatic nitrogens is 4. The second kappa shape index (κ2) is 8.79. The van der Waals surface area contributed by atoms with Gasteiger partial charge in [0.05, 0.1) is 12.8 Å². The first-order valence-corrected chi connectivity index (χ1v) is 9.91. The van der Waals surface area contributed by atoms with Crippen LogP contribution in [0.15, 0.2) is 67.0 Å². The molecule has 4 aromatic rings. The zero-order valence-electron chi connectivity index (χ0n) is 17.7. The van der Waals surface area contributed by atoms with E-state index < -0.39 is 0 Å². The number of nitrogens with one attached hydrogen (secondary N) is 1. The van der Waals surface area contributed by atoms with Gasteiger partial charge in [-0.3, -0.25) is 9.78 Å². The lowest BCUT2D eigenvalue weighted by atomic mass is 10.1. The standard InChI is InChI=1S/C24H23N5O2/c1-16-7-8-20(13-17(16)2)29-23(19-9-11-25-12-10-19)22(27-28-29)24(30)26-15-18-5-4-6-21(14-18)31-3/h4-14H,15H2,1-3H3,(H,26,30). The van der Waals surface area contributed by atoms with E-state index in [-0.39, 0.29) is 11.6 Å². The molecule has 0 aliphatic carbocycles. The first-order valence-electron chi connectivity index (χ1n) is 9.91. The topological polar surface area (TPSA) is 81.9 Å². The van der Waals surface area contributed by atoms with E-state index in [2.05, 4.69) is 27.5 Å². The largest absolute Gasteiger partial charge is 0.497 e. The predicted molar refractivity (Wildman–Crippen MR) is 118 cm³/mol. The Morgan fingerprint density at radius 3 is 2.58 bits per heavy atom. The van der Waals surface area contributed by atoms with E-state index in [9.17, 15) is 4.79 Å². The number of hydrogen-bond acceptors (Lipinski definition) is 5. The molecule has 1 N–H and O–H groups in total. The smallest absolute Gasteiger partial charge is 0.274 e. The van der Waals surface area contributed by atoms with Crippen LogP contribution in [-0.2, 0) is 6.54 Å². The van der Waals surface area contributed by atoms with Gasteiger partial charge in [0.25, 0.3) is 5.91 Å². The Kier molecular flexibility index (Phi) is 5.75. The minimum absolute atomic E-state index is 0.257. The number of carbonyl (C=O) groups excluding carboxylic acids is 1. The number of rotatable bonds is 6. The summed E-state index contributed by atoms with van der Waals surface area (Å²) in [6.07, 6.45) is 3.37. The Morgan fingerprint density at radius 1 is 1.03 bits per heavy atom. The van der Waals surface area contributed by atoms with Gasteiger partial charge in [-0.2, -0.15) is 0 Å². The van der Waals surface area contributed by atoms with Crippen LogP contribution in [0.25, 0.3) is 16.9 Å². The van der Waals surface area contributed by atoms with Crippen LogP contribution >= 0.6 is 0 Å². The van der Waals surface area contributed by atoms with E-state index in [0.717, 1.165) is 28.1 Å². The second-order valence-electron chi connectivity index (χ2n) is 7.24. The van der Waals surface area contributed by atoms with Crippen LogP contribution in [0.4, 0.5) is 0 Å². The first-order chi connectivity index (χ1) is 15.1. The number of aryl methyl sites for hydroxylation is 2. The molecule has 0 bridgehead atoms. The van der Waals surface area contributed by atoms with Gasteiger partial charge in [0.2, 0.25) is 0 Å². The van der Waals surface area contributed by atoms with Crippen molar-refractivity contribution in [3.63, 3.8) is 0 Å². The summed E-state index contributed by atoms with van der Waals surface area (Å²) in [6.45, 7) is 4.45. The fourth-order valence-corrected chi connectivity index (χ4v) is 3.29. The third-order valence-corrected chi connectivity index (χ3v) is 5.16. The molecule has 156 valence electrons. The van der Waals surface area contributed by atoms with Crippen LogP contribution in [-0.4, -0.2) is 33.0 Å². The number of amides is 1. The van der Waals surface area contributed by atoms with Crippen molar-refractivity contribution < 1.29 is 9.53 Å². The van der Waals surface area contributed by atoms with Crippen molar-refractivity contribution >= 4 is 5.91 Å². The van der Waals surface area contributed by atoms with Crippen molar-refractivity contribution in [2.45, 2.75) is 20.4 Å². The lowest BCUT2D eigenvalue weighted by Crippen LogP contribution is -2.24. The number of methoxy groups -OCH3 is 1. The van der Waals surface area contributed by atoms with Gasteiger partial charge in [0.15, 0.2) is 5.69 Å². The van der Waals surface area contributed by atoms with E-state index in [1.54, 1.807) is 24.2 Å². The number of pyridine rings is 1. The summed E-state index contributed by atoms with van der Waals surface area (Å²) in [6, 6.07) is 17.3. The van der Waals surface area contributed by atoms with Gasteiger partial charge in [0, 0.05) is 24.5 Å². The maximum absolute atomic E-state index is 13.1. The molecular formula is C24H23N5O2. The summed E-state index contributed by atoms with van der Waals surface area (Å²) in [5, 5.41) is 11.5. The summed E-state index contributed by atoms with van der Waals surface area (Å²) >= 11 is 0. The van der Waals surface area contributed by atoms with Crippen LogP contribution in [0.3, 0.4) is 0 Å². The highest BCUT2D eigenvalue weighted by Gasteiger charge is 2.22. The van der Waals surface area contributed by atoms with E-state index in [4.69, 9.17) is 4.74 Å². The molecule has 2 aromatic heterocycles. The summed E-state index contributed by atoms with van der Waals surface area (Å²) in [5.74, 6) is 0.439. The number of carbonyl (C=O) groups is 1. The molecule has 4 rings (SSSR count). The van der Waals surface area contributed by atoms with Crippen molar-refractivity contribution in [3.05, 3.63) is 89.4 Å². The van der Waals surface area contributed by atoms with Gasteiger partial charge in [-0.15, -0.1) is 5.10 Å². The third kappa shape index (κ3) is 4.30. The molecule has 0 unspecified atom stereocenters. The van der Waals surface area contributed by atoms with E-state index >= 15 is 0 Å². The molecule has 31 heavy (non-hydrogen) atoms. The van der Waals surface area contributed by atoms with Crippen LogP contribution < -0.4 is 10.1 Å². The minimum atomic E-state index is -0.301. The molecule has 7 heteroatoms. The molecule has 0 saturated heterocycles. The Balaban J connectivity index is 1.69. The number of nitrogens with zero attached hydrogens (tertiary/aromatic N) is 4. The molecule has 0 aliphatic heterocycles. The van der Waals surface area contributed by atoms with E-state index in [0.29, 0.717) is 12.2 Å². The maximum atomic E-state index is 13.1. The van der Waals surface area contributed by atoms with Gasteiger partial charge in [-0.25, -0.2) is 4.68 Å². The number of hydrogen-bond donors (Lipinski definition) is 1. The molecule has 0 radical (unpaired) electrons. The average Bonchev–Trinajstić information content (AvgIpc) is 3.25. The van der Waals surface area contributed by atoms with Crippen molar-refractivity contribution in [2.75, 3.05) is 7.11 Å². The van der Waals surface area contributed by atoms with E-state index in [1.165, 1.54) is 5.56 Å². The van der Waals surface area contributed by atoms with Gasteiger partial charge in [0.1, 0.15) is 11.4 Å². The molecule has 0 saturated carbocycles. The molecule has 0 fully saturated rings. The van der Waals surface area contributed by atoms with Crippen molar-refractivity contribution in [1.29, 1.82) is 0 Å². The highest BCUT2D eigenvalue weighted by atomic mass is 16.5. The highest BCUT2D eigenvalue weighted by molar-refractivity contribution is 5.98. The number of benzene rings is 2. The molecule has 0 atom stereocenters. The zero-order valence-corrected chi connectivity index (χ0v) is 17.7. The lowest BCUT2D eigenvalue weighted by molar-refractivity contribution is 0.0946. The Bertz CT molecular complexity index is 1220. The summed E-state index contributed by atoms with van der Waals surface area (Å²) < 4.78 is 6.95. The molecule has 2 heterocycles. The summed E-state index contributed by atoms with van der Waals surface area (Å²) in [5.41, 5.74) is 5.78. The zero-order chi connectivity index (χ0) is 21.8. The molecule has 1 amide bonds. The third-order valence-electron chi connectivity index (χ3n) is 5.16. The highest BCUT2D eigenvalue weighted by Crippen LogP contribution is 2.26. The first kappa shape index (κ1) is 20.3. The summed E-state index contributed by atoms with van der Waals surface area (Å²) in [7, 11) is 1.61. The van der Waals surface area contributed by atoms with Crippen molar-refractivity contribution in [3.8, 4) is 22.7 Å². The summed E-state index contributed by atoms with van der Waals surface area (Å²) in [4.78, 5) is 17.1. The van der Waals surface area contributed by atoms with Gasteiger partial charge >= 0.3 is 0 Å². The fraction of sp³-hybridized carbons (Fsp3) is 0.167. The molecule has 0 spiro atoms. The normalized spacial score (nSPS) is 10.7. The Morgan fingerprint density at radius 2 is 1.84 bits per heavy atom. The van der Waals surface area contributed by atoms with Crippen LogP contribution in [0, 0.1) is 13.8 Å². The number of ether oxygens (including phenoxy) is 1. The lowest BCUT2D eigenvalue weighted by Gasteiger charge is -2.10. The predicted octanol–water partition coefficient (Wildman–Crippen LogP) is 3.88.